The summed E-state index contributed by atoms with van der Waals surface area (Å²) in [5.74, 6) is -0.524. The molecule has 142 valence electrons. The summed E-state index contributed by atoms with van der Waals surface area (Å²) in [4.78, 5) is 36.2. The van der Waals surface area contributed by atoms with Gasteiger partial charge < -0.3 is 19.2 Å². The van der Waals surface area contributed by atoms with Crippen LogP contribution in [0.15, 0.2) is 34.7 Å². The highest BCUT2D eigenvalue weighted by atomic mass is 16.6. The first-order valence-electron chi connectivity index (χ1n) is 8.40. The van der Waals surface area contributed by atoms with Gasteiger partial charge in [-0.3, -0.25) is 14.9 Å². The molecule has 0 radical (unpaired) electrons. The normalized spacial score (nSPS) is 16.9. The molecule has 1 N–H and O–H groups in total. The fraction of sp³-hybridized carbons (Fsp3) is 0.333. The summed E-state index contributed by atoms with van der Waals surface area (Å²) in [6.07, 6.45) is 0.703. The third-order valence-electron chi connectivity index (χ3n) is 4.37. The van der Waals surface area contributed by atoms with E-state index in [1.165, 1.54) is 4.90 Å². The largest absolute Gasteiger partial charge is 0.478 e. The lowest BCUT2D eigenvalue weighted by atomic mass is 10.1. The zero-order valence-corrected chi connectivity index (χ0v) is 14.6. The number of amides is 1. The maximum atomic E-state index is 13.0. The molecule has 0 saturated carbocycles. The first kappa shape index (κ1) is 18.6. The van der Waals surface area contributed by atoms with E-state index in [2.05, 4.69) is 0 Å². The lowest BCUT2D eigenvalue weighted by molar-refractivity contribution is -0.384. The zero-order valence-electron chi connectivity index (χ0n) is 14.6. The van der Waals surface area contributed by atoms with Crippen molar-refractivity contribution in [3.05, 3.63) is 63.1 Å². The molecule has 0 bridgehead atoms. The second kappa shape index (κ2) is 7.58. The minimum atomic E-state index is -1.34. The van der Waals surface area contributed by atoms with Crippen molar-refractivity contribution in [2.45, 2.75) is 19.4 Å². The number of carboxylic acid groups (broad SMARTS) is 1. The molecule has 1 atom stereocenters. The number of nitro groups is 1. The molecule has 1 aliphatic rings. The highest BCUT2D eigenvalue weighted by Gasteiger charge is 2.32. The first-order valence-corrected chi connectivity index (χ1v) is 8.40. The van der Waals surface area contributed by atoms with Crippen LogP contribution in [0.2, 0.25) is 0 Å². The minimum absolute atomic E-state index is 0.0595. The molecule has 9 heteroatoms. The Morgan fingerprint density at radius 3 is 2.67 bits per heavy atom. The minimum Gasteiger partial charge on any atom is -0.478 e. The molecule has 1 aromatic heterocycles. The van der Waals surface area contributed by atoms with Crippen molar-refractivity contribution in [3.63, 3.8) is 0 Å². The number of aromatic carboxylic acids is 1. The van der Waals surface area contributed by atoms with E-state index in [1.807, 2.05) is 13.0 Å². The fourth-order valence-corrected chi connectivity index (χ4v) is 2.98. The third kappa shape index (κ3) is 3.82. The molecule has 1 aliphatic heterocycles. The van der Waals surface area contributed by atoms with Crippen molar-refractivity contribution < 1.29 is 28.8 Å². The van der Waals surface area contributed by atoms with Gasteiger partial charge in [-0.25, -0.2) is 4.79 Å². The van der Waals surface area contributed by atoms with Gasteiger partial charge in [-0.1, -0.05) is 6.92 Å². The Labute approximate surface area is 154 Å². The molecule has 1 amide bonds. The summed E-state index contributed by atoms with van der Waals surface area (Å²) in [5, 5.41) is 20.3. The van der Waals surface area contributed by atoms with Gasteiger partial charge in [0.05, 0.1) is 23.7 Å². The molecular weight excluding hydrogens is 356 g/mol. The highest BCUT2D eigenvalue weighted by Crippen LogP contribution is 2.29. The molecule has 1 fully saturated rings. The van der Waals surface area contributed by atoms with Crippen LogP contribution in [0.25, 0.3) is 0 Å². The van der Waals surface area contributed by atoms with E-state index in [0.717, 1.165) is 24.0 Å². The number of nitro benzene ring substituents is 1. The van der Waals surface area contributed by atoms with Gasteiger partial charge in [0.1, 0.15) is 17.6 Å². The van der Waals surface area contributed by atoms with Gasteiger partial charge in [0.2, 0.25) is 0 Å². The average Bonchev–Trinajstić information content (AvgIpc) is 3.16. The maximum Gasteiger partial charge on any atom is 0.335 e. The number of hydrogen-bond acceptors (Lipinski definition) is 6. The second-order valence-corrected chi connectivity index (χ2v) is 6.08. The van der Waals surface area contributed by atoms with E-state index < -0.39 is 28.5 Å². The lowest BCUT2D eigenvalue weighted by Gasteiger charge is -2.34. The Kier molecular flexibility index (Phi) is 5.22. The van der Waals surface area contributed by atoms with Crippen LogP contribution in [0.3, 0.4) is 0 Å². The number of carboxylic acids is 1. The number of furan rings is 1. The third-order valence-corrected chi connectivity index (χ3v) is 4.37. The topological polar surface area (TPSA) is 123 Å². The number of nitrogens with zero attached hydrogens (tertiary/aromatic N) is 2. The van der Waals surface area contributed by atoms with Crippen molar-refractivity contribution in [2.75, 3.05) is 19.8 Å². The Morgan fingerprint density at radius 1 is 1.30 bits per heavy atom. The van der Waals surface area contributed by atoms with Gasteiger partial charge in [0, 0.05) is 30.7 Å². The van der Waals surface area contributed by atoms with Gasteiger partial charge in [-0.05, 0) is 18.2 Å². The molecule has 1 unspecified atom stereocenters. The van der Waals surface area contributed by atoms with Gasteiger partial charge in [0.25, 0.3) is 11.6 Å². The summed E-state index contributed by atoms with van der Waals surface area (Å²) in [7, 11) is 0. The summed E-state index contributed by atoms with van der Waals surface area (Å²) in [6.45, 7) is 2.74. The number of rotatable bonds is 5. The van der Waals surface area contributed by atoms with Gasteiger partial charge >= 0.3 is 5.97 Å². The molecule has 2 heterocycles. The summed E-state index contributed by atoms with van der Waals surface area (Å²) < 4.78 is 11.2. The van der Waals surface area contributed by atoms with E-state index in [4.69, 9.17) is 9.15 Å². The van der Waals surface area contributed by atoms with Crippen LogP contribution in [0.5, 0.6) is 0 Å². The predicted octanol–water partition coefficient (Wildman–Crippen LogP) is 2.66. The molecule has 3 rings (SSSR count). The highest BCUT2D eigenvalue weighted by molar-refractivity contribution is 5.98. The molecule has 2 aromatic rings. The van der Waals surface area contributed by atoms with Crippen LogP contribution >= 0.6 is 0 Å². The number of hydrogen-bond donors (Lipinski definition) is 1. The summed E-state index contributed by atoms with van der Waals surface area (Å²) >= 11 is 0. The van der Waals surface area contributed by atoms with Crippen molar-refractivity contribution in [2.24, 2.45) is 0 Å². The number of aryl methyl sites for hydroxylation is 1. The van der Waals surface area contributed by atoms with Crippen LogP contribution in [0, 0.1) is 10.1 Å². The average molecular weight is 374 g/mol. The van der Waals surface area contributed by atoms with Crippen LogP contribution in [-0.2, 0) is 11.2 Å². The van der Waals surface area contributed by atoms with Gasteiger partial charge in [0.15, 0.2) is 0 Å². The number of non-ortho nitro benzene ring substituents is 1. The van der Waals surface area contributed by atoms with Crippen LogP contribution in [0.4, 0.5) is 5.69 Å². The summed E-state index contributed by atoms with van der Waals surface area (Å²) in [5.41, 5.74) is -0.825. The first-order chi connectivity index (χ1) is 12.9. The molecule has 0 aliphatic carbocycles. The second-order valence-electron chi connectivity index (χ2n) is 6.08. The SMILES string of the molecule is CCc1ccc(C2COCCN2C(=O)c2cc(C(=O)O)cc([N+](=O)[O-])c2)o1. The number of benzene rings is 1. The van der Waals surface area contributed by atoms with Crippen molar-refractivity contribution >= 4 is 17.6 Å². The quantitative estimate of drug-likeness (QED) is 0.630. The molecule has 9 nitrogen and oxygen atoms in total. The molecule has 1 aromatic carbocycles. The van der Waals surface area contributed by atoms with Crippen LogP contribution < -0.4 is 0 Å². The Morgan fingerprint density at radius 2 is 2.04 bits per heavy atom. The summed E-state index contributed by atoms with van der Waals surface area (Å²) in [6, 6.07) is 6.26. The zero-order chi connectivity index (χ0) is 19.6. The van der Waals surface area contributed by atoms with E-state index in [9.17, 15) is 24.8 Å². The number of carbonyl (C=O) groups excluding carboxylic acids is 1. The van der Waals surface area contributed by atoms with Gasteiger partial charge in [-0.2, -0.15) is 0 Å². The molecule has 0 spiro atoms. The number of carbonyl (C=O) groups is 2. The smallest absolute Gasteiger partial charge is 0.335 e. The van der Waals surface area contributed by atoms with E-state index in [-0.39, 0.29) is 24.3 Å². The van der Waals surface area contributed by atoms with E-state index in [1.54, 1.807) is 6.07 Å². The van der Waals surface area contributed by atoms with Crippen molar-refractivity contribution in [1.82, 2.24) is 4.90 Å². The van der Waals surface area contributed by atoms with E-state index >= 15 is 0 Å². The predicted molar refractivity (Wildman–Crippen MR) is 92.7 cm³/mol. The van der Waals surface area contributed by atoms with Gasteiger partial charge in [-0.15, -0.1) is 0 Å². The molecule has 1 saturated heterocycles. The van der Waals surface area contributed by atoms with Crippen molar-refractivity contribution in [3.8, 4) is 0 Å². The fourth-order valence-electron chi connectivity index (χ4n) is 2.98. The monoisotopic (exact) mass is 374 g/mol. The van der Waals surface area contributed by atoms with Crippen LogP contribution in [0.1, 0.15) is 45.2 Å². The number of morpholine rings is 1. The maximum absolute atomic E-state index is 13.0. The lowest BCUT2D eigenvalue weighted by Crippen LogP contribution is -2.43. The molecule has 27 heavy (non-hydrogen) atoms. The van der Waals surface area contributed by atoms with Crippen molar-refractivity contribution in [1.29, 1.82) is 0 Å². The Bertz CT molecular complexity index is 857. The van der Waals surface area contributed by atoms with E-state index in [0.29, 0.717) is 18.8 Å². The molecular formula is C18H18N2O7. The standard InChI is InChI=1S/C18H18N2O7/c1-2-14-3-4-16(27-14)15-10-26-6-5-19(15)17(21)11-7-12(18(22)23)9-13(8-11)20(24)25/h3-4,7-9,15H,2,5-6,10H2,1H3,(H,22,23). The number of ether oxygens (including phenoxy) is 1. The Balaban J connectivity index is 1.97. The Hall–Kier alpha value is -3.20. The van der Waals surface area contributed by atoms with Crippen LogP contribution in [-0.4, -0.2) is 46.6 Å².